The molecular formula is C27H26F2N4O3. The lowest BCUT2D eigenvalue weighted by atomic mass is 9.66. The molecule has 7 nitrogen and oxygen atoms in total. The summed E-state index contributed by atoms with van der Waals surface area (Å²) < 4.78 is 34.0. The highest BCUT2D eigenvalue weighted by atomic mass is 19.1. The van der Waals surface area contributed by atoms with Crippen LogP contribution in [0.2, 0.25) is 0 Å². The molecule has 0 unspecified atom stereocenters. The van der Waals surface area contributed by atoms with Crippen LogP contribution in [-0.2, 0) is 10.2 Å². The summed E-state index contributed by atoms with van der Waals surface area (Å²) in [5.41, 5.74) is 0.668. The summed E-state index contributed by atoms with van der Waals surface area (Å²) in [5.74, 6) is -1.64. The third kappa shape index (κ3) is 3.15. The molecule has 1 amide bonds. The summed E-state index contributed by atoms with van der Waals surface area (Å²) in [6, 6.07) is 10.8. The summed E-state index contributed by atoms with van der Waals surface area (Å²) in [7, 11) is 0. The normalized spacial score (nSPS) is 24.8. The van der Waals surface area contributed by atoms with Gasteiger partial charge in [0.1, 0.15) is 22.9 Å². The number of nitrogens with zero attached hydrogens (tertiary/aromatic N) is 3. The topological polar surface area (TPSA) is 97.2 Å². The van der Waals surface area contributed by atoms with Crippen LogP contribution in [0.15, 0.2) is 42.5 Å². The van der Waals surface area contributed by atoms with Crippen molar-refractivity contribution in [2.24, 2.45) is 5.41 Å². The van der Waals surface area contributed by atoms with Gasteiger partial charge in [-0.1, -0.05) is 26.0 Å². The monoisotopic (exact) mass is 492 g/mol. The fourth-order valence-corrected chi connectivity index (χ4v) is 6.33. The summed E-state index contributed by atoms with van der Waals surface area (Å²) in [6.45, 7) is 4.76. The van der Waals surface area contributed by atoms with Crippen molar-refractivity contribution in [3.63, 3.8) is 0 Å². The zero-order valence-corrected chi connectivity index (χ0v) is 20.0. The lowest BCUT2D eigenvalue weighted by molar-refractivity contribution is -0.173. The molecule has 1 aromatic carbocycles. The number of halogens is 2. The zero-order valence-electron chi connectivity index (χ0n) is 20.0. The lowest BCUT2D eigenvalue weighted by Crippen LogP contribution is -2.57. The number of carbonyl (C=O) groups is 1. The van der Waals surface area contributed by atoms with Crippen molar-refractivity contribution in [3.8, 4) is 11.3 Å². The highest BCUT2D eigenvalue weighted by Crippen LogP contribution is 2.69. The second-order valence-electron chi connectivity index (χ2n) is 10.7. The summed E-state index contributed by atoms with van der Waals surface area (Å²) in [6.07, 6.45) is 1.63. The Morgan fingerprint density at radius 2 is 1.86 bits per heavy atom. The first-order chi connectivity index (χ1) is 17.2. The molecule has 2 fully saturated rings. The molecule has 3 aromatic rings. The van der Waals surface area contributed by atoms with Crippen LogP contribution in [0.4, 0.5) is 8.78 Å². The van der Waals surface area contributed by atoms with Crippen LogP contribution in [-0.4, -0.2) is 51.6 Å². The molecule has 186 valence electrons. The van der Waals surface area contributed by atoms with E-state index in [1.54, 1.807) is 18.2 Å². The third-order valence-electron chi connectivity index (χ3n) is 8.34. The van der Waals surface area contributed by atoms with Gasteiger partial charge in [-0.3, -0.25) is 4.79 Å². The third-order valence-corrected chi connectivity index (χ3v) is 8.34. The van der Waals surface area contributed by atoms with E-state index in [9.17, 15) is 18.7 Å². The second-order valence-corrected chi connectivity index (χ2v) is 10.7. The van der Waals surface area contributed by atoms with Gasteiger partial charge >= 0.3 is 0 Å². The maximum Gasteiger partial charge on any atom is 0.269 e. The summed E-state index contributed by atoms with van der Waals surface area (Å²) in [4.78, 5) is 17.6. The molecule has 2 atom stereocenters. The molecule has 2 aliphatic carbocycles. The molecule has 6 rings (SSSR count). The predicted molar refractivity (Wildman–Crippen MR) is 126 cm³/mol. The Labute approximate surface area is 206 Å². The van der Waals surface area contributed by atoms with Crippen LogP contribution in [0.5, 0.6) is 0 Å². The van der Waals surface area contributed by atoms with Crippen molar-refractivity contribution in [1.29, 1.82) is 0 Å². The molecule has 2 aromatic heterocycles. The molecule has 36 heavy (non-hydrogen) atoms. The van der Waals surface area contributed by atoms with Crippen LogP contribution in [0, 0.1) is 17.0 Å². The number of benzene rings is 1. The van der Waals surface area contributed by atoms with Crippen LogP contribution in [0.1, 0.15) is 60.0 Å². The van der Waals surface area contributed by atoms with E-state index in [2.05, 4.69) is 29.4 Å². The number of hydrogen-bond donors (Lipinski definition) is 2. The van der Waals surface area contributed by atoms with E-state index in [4.69, 9.17) is 9.72 Å². The SMILES string of the molecule is CC1(C)[C@H]2CC[C@@]1(c1cccc(C(=O)NCC3(O)COC3)n1)c1nnc(-c3c(F)cccc3F)cc12. The number of aliphatic hydroxyl groups is 1. The minimum Gasteiger partial charge on any atom is -0.383 e. The van der Waals surface area contributed by atoms with Crippen molar-refractivity contribution < 1.29 is 23.4 Å². The second kappa shape index (κ2) is 7.85. The van der Waals surface area contributed by atoms with Gasteiger partial charge in [0, 0.05) is 0 Å². The Kier molecular flexibility index (Phi) is 5.04. The number of carbonyl (C=O) groups excluding carboxylic acids is 1. The summed E-state index contributed by atoms with van der Waals surface area (Å²) >= 11 is 0. The van der Waals surface area contributed by atoms with Gasteiger partial charge in [0.05, 0.1) is 47.8 Å². The van der Waals surface area contributed by atoms with Crippen LogP contribution in [0.25, 0.3) is 11.3 Å². The minimum atomic E-state index is -1.04. The number of ether oxygens (including phenoxy) is 1. The van der Waals surface area contributed by atoms with Gasteiger partial charge in [-0.15, -0.1) is 5.10 Å². The average molecular weight is 493 g/mol. The fraction of sp³-hybridized carbons (Fsp3) is 0.407. The first kappa shape index (κ1) is 23.1. The number of nitrogens with one attached hydrogen (secondary N) is 1. The van der Waals surface area contributed by atoms with Gasteiger partial charge in [-0.2, -0.15) is 5.10 Å². The maximum absolute atomic E-state index is 14.5. The van der Waals surface area contributed by atoms with Crippen LogP contribution < -0.4 is 5.32 Å². The van der Waals surface area contributed by atoms with Crippen molar-refractivity contribution in [2.75, 3.05) is 19.8 Å². The maximum atomic E-state index is 14.5. The molecule has 2 bridgehead atoms. The molecule has 1 saturated heterocycles. The molecule has 0 spiro atoms. The predicted octanol–water partition coefficient (Wildman–Crippen LogP) is 3.51. The van der Waals surface area contributed by atoms with E-state index >= 15 is 0 Å². The quantitative estimate of drug-likeness (QED) is 0.566. The molecule has 1 aliphatic heterocycles. The van der Waals surface area contributed by atoms with Gasteiger partial charge < -0.3 is 15.2 Å². The number of aromatic nitrogens is 3. The molecule has 3 heterocycles. The highest BCUT2D eigenvalue weighted by molar-refractivity contribution is 5.92. The Morgan fingerprint density at radius 1 is 1.14 bits per heavy atom. The van der Waals surface area contributed by atoms with Gasteiger partial charge in [-0.05, 0) is 60.1 Å². The Morgan fingerprint density at radius 3 is 2.56 bits per heavy atom. The van der Waals surface area contributed by atoms with Gasteiger partial charge in [-0.25, -0.2) is 13.8 Å². The molecule has 9 heteroatoms. The Bertz CT molecular complexity index is 1370. The zero-order chi connectivity index (χ0) is 25.3. The van der Waals surface area contributed by atoms with Gasteiger partial charge in [0.2, 0.25) is 0 Å². The number of fused-ring (bicyclic) bond motifs is 5. The first-order valence-corrected chi connectivity index (χ1v) is 12.0. The van der Waals surface area contributed by atoms with Crippen LogP contribution in [0.3, 0.4) is 0 Å². The van der Waals surface area contributed by atoms with Gasteiger partial charge in [0.15, 0.2) is 0 Å². The lowest BCUT2D eigenvalue weighted by Gasteiger charge is -2.37. The van der Waals surface area contributed by atoms with E-state index in [0.717, 1.165) is 24.1 Å². The van der Waals surface area contributed by atoms with E-state index < -0.39 is 22.7 Å². The highest BCUT2D eigenvalue weighted by Gasteiger charge is 2.65. The summed E-state index contributed by atoms with van der Waals surface area (Å²) in [5, 5.41) is 21.7. The molecule has 0 radical (unpaired) electrons. The van der Waals surface area contributed by atoms with Gasteiger partial charge in [0.25, 0.3) is 5.91 Å². The van der Waals surface area contributed by atoms with Crippen molar-refractivity contribution in [3.05, 3.63) is 76.7 Å². The van der Waals surface area contributed by atoms with E-state index in [1.165, 1.54) is 18.2 Å². The van der Waals surface area contributed by atoms with Crippen molar-refractivity contribution in [2.45, 2.75) is 43.6 Å². The van der Waals surface area contributed by atoms with E-state index in [1.807, 2.05) is 6.07 Å². The molecule has 2 N–H and O–H groups in total. The molecule has 1 saturated carbocycles. The average Bonchev–Trinajstić information content (AvgIpc) is 3.22. The standard InChI is InChI=1S/C27H26F2N4O3/c1-25(2)16-9-10-27(25,21-8-4-7-19(31-21)24(34)30-12-26(35)13-36-14-26)23-15(16)11-20(32-33-23)22-17(28)5-3-6-18(22)29/h3-8,11,16,35H,9-10,12-14H2,1-2H3,(H,30,34)/t16-,27+/m0/s1. The Hall–Kier alpha value is -3.30. The Balaban J connectivity index is 1.39. The van der Waals surface area contributed by atoms with Crippen molar-refractivity contribution >= 4 is 5.91 Å². The fourth-order valence-electron chi connectivity index (χ4n) is 6.33. The van der Waals surface area contributed by atoms with E-state index in [0.29, 0.717) is 5.69 Å². The van der Waals surface area contributed by atoms with Crippen LogP contribution >= 0.6 is 0 Å². The minimum absolute atomic E-state index is 0.0835. The van der Waals surface area contributed by atoms with Crippen molar-refractivity contribution in [1.82, 2.24) is 20.5 Å². The molecule has 3 aliphatic rings. The number of pyridine rings is 1. The van der Waals surface area contributed by atoms with E-state index in [-0.39, 0.29) is 53.9 Å². The number of rotatable bonds is 5. The first-order valence-electron chi connectivity index (χ1n) is 12.0. The molecular weight excluding hydrogens is 466 g/mol. The largest absolute Gasteiger partial charge is 0.383 e. The number of hydrogen-bond acceptors (Lipinski definition) is 6. The smallest absolute Gasteiger partial charge is 0.269 e. The number of amides is 1.